The zero-order valence-corrected chi connectivity index (χ0v) is 17.7. The molecule has 6 nitrogen and oxygen atoms in total. The van der Waals surface area contributed by atoms with Gasteiger partial charge in [-0.15, -0.1) is 0 Å². The molecule has 158 valence electrons. The molecule has 0 atom stereocenters. The number of carbonyl (C=O) groups is 2. The van der Waals surface area contributed by atoms with Crippen LogP contribution in [0, 0.1) is 0 Å². The highest BCUT2D eigenvalue weighted by atomic mass is 16.2. The minimum atomic E-state index is -0.185. The molecule has 0 saturated carbocycles. The van der Waals surface area contributed by atoms with Crippen LogP contribution < -0.4 is 10.6 Å². The van der Waals surface area contributed by atoms with E-state index in [0.717, 1.165) is 18.5 Å². The Morgan fingerprint density at radius 1 is 0.933 bits per heavy atom. The minimum Gasteiger partial charge on any atom is -0.347 e. The lowest BCUT2D eigenvalue weighted by Gasteiger charge is -2.18. The molecule has 0 saturated heterocycles. The van der Waals surface area contributed by atoms with Gasteiger partial charge in [0.25, 0.3) is 5.91 Å². The van der Waals surface area contributed by atoms with Gasteiger partial charge < -0.3 is 20.1 Å². The van der Waals surface area contributed by atoms with Crippen molar-refractivity contribution < 1.29 is 9.59 Å². The zero-order chi connectivity index (χ0) is 21.3. The molecule has 1 aromatic heterocycles. The Balaban J connectivity index is 1.39. The molecule has 2 N–H and O–H groups in total. The van der Waals surface area contributed by atoms with E-state index in [4.69, 9.17) is 0 Å². The topological polar surface area (TPSA) is 66.4 Å². The molecule has 0 fully saturated rings. The SMILES string of the molecule is CCN(CC)C(=O)c1ccc(CNC(=O)NCCCn2ccc3ccccc32)cc1. The quantitative estimate of drug-likeness (QED) is 0.527. The van der Waals surface area contributed by atoms with E-state index in [0.29, 0.717) is 31.7 Å². The lowest BCUT2D eigenvalue weighted by molar-refractivity contribution is 0.0773. The van der Waals surface area contributed by atoms with E-state index >= 15 is 0 Å². The van der Waals surface area contributed by atoms with E-state index in [9.17, 15) is 9.59 Å². The Morgan fingerprint density at radius 2 is 1.67 bits per heavy atom. The predicted molar refractivity (Wildman–Crippen MR) is 120 cm³/mol. The number of carbonyl (C=O) groups excluding carboxylic acids is 2. The maximum absolute atomic E-state index is 12.3. The zero-order valence-electron chi connectivity index (χ0n) is 17.7. The molecule has 0 aliphatic carbocycles. The van der Waals surface area contributed by atoms with Gasteiger partial charge in [0.2, 0.25) is 0 Å². The molecule has 2 aromatic carbocycles. The maximum atomic E-state index is 12.3. The summed E-state index contributed by atoms with van der Waals surface area (Å²) in [6.45, 7) is 7.22. The Kier molecular flexibility index (Phi) is 7.49. The second-order valence-corrected chi connectivity index (χ2v) is 7.21. The molecular weight excluding hydrogens is 376 g/mol. The maximum Gasteiger partial charge on any atom is 0.315 e. The number of nitrogens with zero attached hydrogens (tertiary/aromatic N) is 2. The molecule has 3 aromatic rings. The van der Waals surface area contributed by atoms with Crippen LogP contribution in [0.15, 0.2) is 60.8 Å². The number of nitrogens with one attached hydrogen (secondary N) is 2. The van der Waals surface area contributed by atoms with Gasteiger partial charge in [-0.05, 0) is 55.5 Å². The van der Waals surface area contributed by atoms with Crippen LogP contribution in [0.1, 0.15) is 36.2 Å². The Bertz CT molecular complexity index is 974. The van der Waals surface area contributed by atoms with Gasteiger partial charge in [-0.1, -0.05) is 30.3 Å². The van der Waals surface area contributed by atoms with Gasteiger partial charge in [-0.2, -0.15) is 0 Å². The first kappa shape index (κ1) is 21.4. The van der Waals surface area contributed by atoms with Crippen LogP contribution in [0.2, 0.25) is 0 Å². The predicted octanol–water partition coefficient (Wildman–Crippen LogP) is 4.01. The molecule has 6 heteroatoms. The van der Waals surface area contributed by atoms with E-state index < -0.39 is 0 Å². The highest BCUT2D eigenvalue weighted by Crippen LogP contribution is 2.15. The number of amides is 3. The van der Waals surface area contributed by atoms with Crippen LogP contribution in [0.4, 0.5) is 4.79 Å². The number of hydrogen-bond donors (Lipinski definition) is 2. The van der Waals surface area contributed by atoms with E-state index in [-0.39, 0.29) is 11.9 Å². The van der Waals surface area contributed by atoms with Gasteiger partial charge in [-0.3, -0.25) is 4.79 Å². The van der Waals surface area contributed by atoms with Gasteiger partial charge in [-0.25, -0.2) is 4.79 Å². The Hall–Kier alpha value is -3.28. The summed E-state index contributed by atoms with van der Waals surface area (Å²) in [6.07, 6.45) is 2.94. The van der Waals surface area contributed by atoms with Gasteiger partial charge in [0, 0.05) is 50.0 Å². The van der Waals surface area contributed by atoms with Crippen LogP contribution in [0.5, 0.6) is 0 Å². The first-order valence-electron chi connectivity index (χ1n) is 10.6. The summed E-state index contributed by atoms with van der Waals surface area (Å²) in [5.74, 6) is 0.0349. The third-order valence-electron chi connectivity index (χ3n) is 5.25. The van der Waals surface area contributed by atoms with Crippen molar-refractivity contribution >= 4 is 22.8 Å². The normalized spacial score (nSPS) is 10.7. The molecule has 0 bridgehead atoms. The van der Waals surface area contributed by atoms with Crippen molar-refractivity contribution in [1.29, 1.82) is 0 Å². The fourth-order valence-corrected chi connectivity index (χ4v) is 3.49. The fraction of sp³-hybridized carbons (Fsp3) is 0.333. The van der Waals surface area contributed by atoms with Crippen molar-refractivity contribution in [3.8, 4) is 0 Å². The van der Waals surface area contributed by atoms with Crippen molar-refractivity contribution in [2.45, 2.75) is 33.4 Å². The van der Waals surface area contributed by atoms with Crippen molar-refractivity contribution in [2.24, 2.45) is 0 Å². The molecule has 3 amide bonds. The van der Waals surface area contributed by atoms with Crippen LogP contribution in [0.25, 0.3) is 10.9 Å². The standard InChI is InChI=1S/C24H30N4O2/c1-3-27(4-2)23(29)21-12-10-19(11-13-21)18-26-24(30)25-15-7-16-28-17-14-20-8-5-6-9-22(20)28/h5-6,8-14,17H,3-4,7,15-16,18H2,1-2H3,(H2,25,26,30). The van der Waals surface area contributed by atoms with Crippen molar-refractivity contribution in [3.05, 3.63) is 71.9 Å². The summed E-state index contributed by atoms with van der Waals surface area (Å²) in [4.78, 5) is 26.2. The van der Waals surface area contributed by atoms with Gasteiger partial charge in [0.15, 0.2) is 0 Å². The first-order valence-corrected chi connectivity index (χ1v) is 10.6. The highest BCUT2D eigenvalue weighted by molar-refractivity contribution is 5.94. The van der Waals surface area contributed by atoms with Crippen molar-refractivity contribution in [3.63, 3.8) is 0 Å². The number of para-hydroxylation sites is 1. The molecule has 1 heterocycles. The van der Waals surface area contributed by atoms with E-state index in [1.165, 1.54) is 10.9 Å². The number of rotatable bonds is 9. The lowest BCUT2D eigenvalue weighted by atomic mass is 10.1. The smallest absolute Gasteiger partial charge is 0.315 e. The summed E-state index contributed by atoms with van der Waals surface area (Å²) < 4.78 is 2.20. The average Bonchev–Trinajstić information content (AvgIpc) is 3.19. The molecule has 0 radical (unpaired) electrons. The average molecular weight is 407 g/mol. The molecule has 0 unspecified atom stereocenters. The van der Waals surface area contributed by atoms with Gasteiger partial charge >= 0.3 is 6.03 Å². The van der Waals surface area contributed by atoms with E-state index in [1.54, 1.807) is 4.90 Å². The molecule has 3 rings (SSSR count). The first-order chi connectivity index (χ1) is 14.6. The van der Waals surface area contributed by atoms with Crippen molar-refractivity contribution in [2.75, 3.05) is 19.6 Å². The summed E-state index contributed by atoms with van der Waals surface area (Å²) in [6, 6.07) is 17.6. The molecule has 0 aliphatic heterocycles. The van der Waals surface area contributed by atoms with E-state index in [2.05, 4.69) is 39.6 Å². The second kappa shape index (κ2) is 10.5. The van der Waals surface area contributed by atoms with Gasteiger partial charge in [0.1, 0.15) is 0 Å². The van der Waals surface area contributed by atoms with Crippen LogP contribution >= 0.6 is 0 Å². The summed E-state index contributed by atoms with van der Waals surface area (Å²) in [5.41, 5.74) is 2.84. The van der Waals surface area contributed by atoms with Crippen LogP contribution in [0.3, 0.4) is 0 Å². The highest BCUT2D eigenvalue weighted by Gasteiger charge is 2.12. The molecule has 0 spiro atoms. The summed E-state index contributed by atoms with van der Waals surface area (Å²) in [7, 11) is 0. The second-order valence-electron chi connectivity index (χ2n) is 7.21. The fourth-order valence-electron chi connectivity index (χ4n) is 3.49. The third kappa shape index (κ3) is 5.41. The van der Waals surface area contributed by atoms with Crippen molar-refractivity contribution in [1.82, 2.24) is 20.1 Å². The number of urea groups is 1. The van der Waals surface area contributed by atoms with E-state index in [1.807, 2.05) is 50.2 Å². The molecule has 0 aliphatic rings. The van der Waals surface area contributed by atoms with Gasteiger partial charge in [0.05, 0.1) is 0 Å². The summed E-state index contributed by atoms with van der Waals surface area (Å²) in [5, 5.41) is 6.99. The Labute approximate surface area is 177 Å². The van der Waals surface area contributed by atoms with Crippen LogP contribution in [-0.2, 0) is 13.1 Å². The largest absolute Gasteiger partial charge is 0.347 e. The summed E-state index contributed by atoms with van der Waals surface area (Å²) >= 11 is 0. The monoisotopic (exact) mass is 406 g/mol. The third-order valence-corrected chi connectivity index (χ3v) is 5.25. The molecule has 30 heavy (non-hydrogen) atoms. The minimum absolute atomic E-state index is 0.0349. The number of benzene rings is 2. The number of fused-ring (bicyclic) bond motifs is 1. The lowest BCUT2D eigenvalue weighted by Crippen LogP contribution is -2.35. The number of aromatic nitrogens is 1. The molecular formula is C24H30N4O2. The number of hydrogen-bond acceptors (Lipinski definition) is 2. The number of aryl methyl sites for hydroxylation is 1. The Morgan fingerprint density at radius 3 is 2.40 bits per heavy atom. The van der Waals surface area contributed by atoms with Crippen LogP contribution in [-0.4, -0.2) is 41.0 Å².